The molecule has 0 amide bonds. The van der Waals surface area contributed by atoms with Crippen molar-refractivity contribution in [3.63, 3.8) is 0 Å². The van der Waals surface area contributed by atoms with E-state index in [9.17, 15) is 8.42 Å². The fourth-order valence-corrected chi connectivity index (χ4v) is 3.61. The highest BCUT2D eigenvalue weighted by Crippen LogP contribution is 2.11. The molecule has 0 aromatic heterocycles. The zero-order valence-corrected chi connectivity index (χ0v) is 15.6. The molecule has 5 nitrogen and oxygen atoms in total. The summed E-state index contributed by atoms with van der Waals surface area (Å²) in [4.78, 5) is 4.47. The lowest BCUT2D eigenvalue weighted by Crippen LogP contribution is -2.44. The number of halogens is 1. The van der Waals surface area contributed by atoms with Gasteiger partial charge in [-0.3, -0.25) is 4.99 Å². The van der Waals surface area contributed by atoms with Crippen molar-refractivity contribution in [1.82, 2.24) is 10.6 Å². The molecule has 2 atom stereocenters. The van der Waals surface area contributed by atoms with Gasteiger partial charge < -0.3 is 10.6 Å². The van der Waals surface area contributed by atoms with Crippen LogP contribution < -0.4 is 10.6 Å². The van der Waals surface area contributed by atoms with Crippen LogP contribution in [0.15, 0.2) is 4.99 Å². The van der Waals surface area contributed by atoms with Gasteiger partial charge >= 0.3 is 0 Å². The fourth-order valence-electron chi connectivity index (χ4n) is 1.72. The number of nitrogens with one attached hydrogen (secondary N) is 2. The van der Waals surface area contributed by atoms with Gasteiger partial charge in [0.25, 0.3) is 0 Å². The van der Waals surface area contributed by atoms with Crippen LogP contribution in [-0.4, -0.2) is 56.5 Å². The highest BCUT2D eigenvalue weighted by atomic mass is 127. The van der Waals surface area contributed by atoms with Crippen molar-refractivity contribution >= 4 is 51.5 Å². The minimum atomic E-state index is -2.84. The second-order valence-corrected chi connectivity index (χ2v) is 8.02. The Kier molecular flexibility index (Phi) is 9.42. The predicted octanol–water partition coefficient (Wildman–Crippen LogP) is 1.10. The molecule has 0 aromatic carbocycles. The number of aliphatic imine (C=N–C) groups is 1. The molecule has 0 radical (unpaired) electrons. The first-order chi connectivity index (χ1) is 8.46. The number of nitrogens with zero attached hydrogens (tertiary/aromatic N) is 1. The summed E-state index contributed by atoms with van der Waals surface area (Å²) in [7, 11) is -2.84. The van der Waals surface area contributed by atoms with Gasteiger partial charge in [0.15, 0.2) is 15.8 Å². The number of hydrogen-bond donors (Lipinski definition) is 2. The van der Waals surface area contributed by atoms with Crippen LogP contribution >= 0.6 is 35.7 Å². The Hall–Kier alpha value is 0.300. The molecular weight excluding hydrogens is 397 g/mol. The molecule has 1 aliphatic rings. The van der Waals surface area contributed by atoms with E-state index in [0.29, 0.717) is 11.7 Å². The van der Waals surface area contributed by atoms with Crippen molar-refractivity contribution in [2.75, 3.05) is 30.9 Å². The monoisotopic (exact) mass is 421 g/mol. The molecule has 0 saturated carbocycles. The van der Waals surface area contributed by atoms with Crippen molar-refractivity contribution in [2.24, 2.45) is 4.99 Å². The minimum Gasteiger partial charge on any atom is -0.357 e. The van der Waals surface area contributed by atoms with Crippen molar-refractivity contribution in [3.05, 3.63) is 0 Å². The molecule has 1 heterocycles. The van der Waals surface area contributed by atoms with Crippen LogP contribution in [0.2, 0.25) is 0 Å². The van der Waals surface area contributed by atoms with E-state index in [4.69, 9.17) is 0 Å². The van der Waals surface area contributed by atoms with Gasteiger partial charge in [0.1, 0.15) is 0 Å². The SMILES string of the molecule is CCNC(=NCC(C)SC)NC1CCS(=O)(=O)C1.I. The number of rotatable bonds is 5. The molecule has 19 heavy (non-hydrogen) atoms. The van der Waals surface area contributed by atoms with E-state index in [-0.39, 0.29) is 41.5 Å². The molecule has 0 spiro atoms. The van der Waals surface area contributed by atoms with Gasteiger partial charge in [0, 0.05) is 17.8 Å². The summed E-state index contributed by atoms with van der Waals surface area (Å²) in [5.41, 5.74) is 0. The molecule has 114 valence electrons. The normalized spacial score (nSPS) is 23.5. The van der Waals surface area contributed by atoms with E-state index < -0.39 is 9.84 Å². The first kappa shape index (κ1) is 19.3. The fraction of sp³-hybridized carbons (Fsp3) is 0.909. The van der Waals surface area contributed by atoms with Crippen molar-refractivity contribution < 1.29 is 8.42 Å². The largest absolute Gasteiger partial charge is 0.357 e. The van der Waals surface area contributed by atoms with Crippen LogP contribution in [0.25, 0.3) is 0 Å². The lowest BCUT2D eigenvalue weighted by molar-refractivity contribution is 0.599. The Labute approximate surface area is 137 Å². The van der Waals surface area contributed by atoms with E-state index >= 15 is 0 Å². The highest BCUT2D eigenvalue weighted by Gasteiger charge is 2.28. The average molecular weight is 421 g/mol. The second kappa shape index (κ2) is 9.28. The summed E-state index contributed by atoms with van der Waals surface area (Å²) in [6, 6.07) is -0.00242. The van der Waals surface area contributed by atoms with Gasteiger partial charge in [0.05, 0.1) is 18.1 Å². The highest BCUT2D eigenvalue weighted by molar-refractivity contribution is 14.0. The molecular formula is C11H24IN3O2S2. The van der Waals surface area contributed by atoms with Crippen LogP contribution in [0.1, 0.15) is 20.3 Å². The molecule has 8 heteroatoms. The first-order valence-corrected chi connectivity index (χ1v) is 9.36. The molecule has 1 rings (SSSR count). The average Bonchev–Trinajstić information content (AvgIpc) is 2.65. The third kappa shape index (κ3) is 7.60. The second-order valence-electron chi connectivity index (χ2n) is 4.51. The quantitative estimate of drug-likeness (QED) is 0.395. The maximum atomic E-state index is 11.4. The van der Waals surface area contributed by atoms with E-state index in [0.717, 1.165) is 19.0 Å². The third-order valence-electron chi connectivity index (χ3n) is 2.83. The van der Waals surface area contributed by atoms with Crippen LogP contribution in [0.4, 0.5) is 0 Å². The maximum Gasteiger partial charge on any atom is 0.191 e. The Balaban J connectivity index is 0.00000324. The molecule has 0 bridgehead atoms. The minimum absolute atomic E-state index is 0. The summed E-state index contributed by atoms with van der Waals surface area (Å²) in [5, 5.41) is 6.82. The smallest absolute Gasteiger partial charge is 0.191 e. The Bertz CT molecular complexity index is 387. The summed E-state index contributed by atoms with van der Waals surface area (Å²) in [6.07, 6.45) is 2.73. The first-order valence-electron chi connectivity index (χ1n) is 6.25. The lowest BCUT2D eigenvalue weighted by Gasteiger charge is -2.16. The topological polar surface area (TPSA) is 70.6 Å². The van der Waals surface area contributed by atoms with Crippen LogP contribution in [0.3, 0.4) is 0 Å². The number of hydrogen-bond acceptors (Lipinski definition) is 4. The molecule has 1 fully saturated rings. The summed E-state index contributed by atoms with van der Waals surface area (Å²) in [6.45, 7) is 5.63. The van der Waals surface area contributed by atoms with Gasteiger partial charge in [-0.15, -0.1) is 24.0 Å². The molecule has 1 saturated heterocycles. The lowest BCUT2D eigenvalue weighted by atomic mass is 10.3. The molecule has 2 unspecified atom stereocenters. The molecule has 1 aliphatic heterocycles. The summed E-state index contributed by atoms with van der Waals surface area (Å²) in [5.74, 6) is 1.22. The number of sulfone groups is 1. The van der Waals surface area contributed by atoms with Crippen LogP contribution in [-0.2, 0) is 9.84 Å². The van der Waals surface area contributed by atoms with Gasteiger partial charge in [-0.25, -0.2) is 8.42 Å². The Morgan fingerprint density at radius 1 is 1.53 bits per heavy atom. The molecule has 0 aromatic rings. The van der Waals surface area contributed by atoms with Gasteiger partial charge in [-0.05, 0) is 19.6 Å². The van der Waals surface area contributed by atoms with Crippen LogP contribution in [0, 0.1) is 0 Å². The van der Waals surface area contributed by atoms with Gasteiger partial charge in [0.2, 0.25) is 0 Å². The zero-order valence-electron chi connectivity index (χ0n) is 11.7. The predicted molar refractivity (Wildman–Crippen MR) is 94.6 cm³/mol. The standard InChI is InChI=1S/C11H23N3O2S2.HI/c1-4-12-11(13-7-9(2)17-3)14-10-5-6-18(15,16)8-10;/h9-10H,4-8H2,1-3H3,(H2,12,13,14);1H. The van der Waals surface area contributed by atoms with E-state index in [1.165, 1.54) is 0 Å². The zero-order chi connectivity index (χ0) is 13.6. The van der Waals surface area contributed by atoms with E-state index in [1.54, 1.807) is 11.8 Å². The Morgan fingerprint density at radius 2 is 2.21 bits per heavy atom. The molecule has 2 N–H and O–H groups in total. The van der Waals surface area contributed by atoms with Gasteiger partial charge in [-0.2, -0.15) is 11.8 Å². The Morgan fingerprint density at radius 3 is 2.68 bits per heavy atom. The molecule has 0 aliphatic carbocycles. The van der Waals surface area contributed by atoms with Crippen molar-refractivity contribution in [2.45, 2.75) is 31.6 Å². The van der Waals surface area contributed by atoms with Crippen molar-refractivity contribution in [3.8, 4) is 0 Å². The van der Waals surface area contributed by atoms with Crippen molar-refractivity contribution in [1.29, 1.82) is 0 Å². The maximum absolute atomic E-state index is 11.4. The summed E-state index contributed by atoms with van der Waals surface area (Å²) < 4.78 is 22.8. The number of thioether (sulfide) groups is 1. The summed E-state index contributed by atoms with van der Waals surface area (Å²) >= 11 is 1.77. The van der Waals surface area contributed by atoms with E-state index in [2.05, 4.69) is 28.8 Å². The van der Waals surface area contributed by atoms with E-state index in [1.807, 2.05) is 6.92 Å². The van der Waals surface area contributed by atoms with Gasteiger partial charge in [-0.1, -0.05) is 6.92 Å². The number of guanidine groups is 1. The third-order valence-corrected chi connectivity index (χ3v) is 5.55. The van der Waals surface area contributed by atoms with Crippen LogP contribution in [0.5, 0.6) is 0 Å².